The number of amides is 2. The van der Waals surface area contributed by atoms with E-state index in [0.717, 1.165) is 64.1 Å². The number of fused-ring (bicyclic) bond motifs is 2. The monoisotopic (exact) mass is 385 g/mol. The van der Waals surface area contributed by atoms with Crippen molar-refractivity contribution in [3.8, 4) is 0 Å². The zero-order valence-corrected chi connectivity index (χ0v) is 17.2. The molecule has 1 saturated carbocycles. The highest BCUT2D eigenvalue weighted by molar-refractivity contribution is 5.92. The summed E-state index contributed by atoms with van der Waals surface area (Å²) in [5.41, 5.74) is 1.16. The predicted octanol–water partition coefficient (Wildman–Crippen LogP) is 1.49. The fourth-order valence-corrected chi connectivity index (χ4v) is 5.94. The minimum Gasteiger partial charge on any atom is -0.359 e. The van der Waals surface area contributed by atoms with Crippen molar-refractivity contribution in [1.82, 2.24) is 25.1 Å². The lowest BCUT2D eigenvalue weighted by Crippen LogP contribution is -2.49. The van der Waals surface area contributed by atoms with E-state index in [1.54, 1.807) is 19.4 Å². The first-order valence-electron chi connectivity index (χ1n) is 10.5. The van der Waals surface area contributed by atoms with E-state index >= 15 is 0 Å². The Kier molecular flexibility index (Phi) is 4.89. The molecule has 7 heteroatoms. The Morgan fingerprint density at radius 3 is 2.54 bits per heavy atom. The summed E-state index contributed by atoms with van der Waals surface area (Å²) in [5.74, 6) is 0.564. The summed E-state index contributed by atoms with van der Waals surface area (Å²) in [4.78, 5) is 38.5. The number of likely N-dealkylation sites (tertiary alicyclic amines) is 2. The fraction of sp³-hybridized carbons (Fsp3) is 0.714. The standard InChI is InChI=1S/C21H31N5O2/c1-4-25-13-17-20(5-6-21(17,14-25)19(28)22-3)7-9-26(10-8-20)18(27)16-12-23-15(2)11-24-16/h11-12,17H,4-10,13-14H2,1-3H3,(H,22,28)/t17-,21+/m0/s1. The van der Waals surface area contributed by atoms with Crippen molar-refractivity contribution < 1.29 is 9.59 Å². The second-order valence-corrected chi connectivity index (χ2v) is 8.81. The molecule has 152 valence electrons. The van der Waals surface area contributed by atoms with Gasteiger partial charge < -0.3 is 15.1 Å². The normalized spacial score (nSPS) is 29.1. The Hall–Kier alpha value is -2.02. The lowest BCUT2D eigenvalue weighted by atomic mass is 9.65. The molecule has 3 heterocycles. The predicted molar refractivity (Wildman–Crippen MR) is 106 cm³/mol. The molecular weight excluding hydrogens is 354 g/mol. The van der Waals surface area contributed by atoms with Crippen molar-refractivity contribution in [3.63, 3.8) is 0 Å². The highest BCUT2D eigenvalue weighted by Gasteiger charge is 2.63. The van der Waals surface area contributed by atoms with Crippen molar-refractivity contribution in [2.45, 2.75) is 39.5 Å². The summed E-state index contributed by atoms with van der Waals surface area (Å²) in [6, 6.07) is 0. The van der Waals surface area contributed by atoms with Crippen LogP contribution in [0, 0.1) is 23.7 Å². The topological polar surface area (TPSA) is 78.4 Å². The molecule has 3 aliphatic rings. The van der Waals surface area contributed by atoms with Crippen molar-refractivity contribution >= 4 is 11.8 Å². The van der Waals surface area contributed by atoms with E-state index in [1.165, 1.54) is 0 Å². The van der Waals surface area contributed by atoms with E-state index in [-0.39, 0.29) is 22.6 Å². The van der Waals surface area contributed by atoms with E-state index in [2.05, 4.69) is 27.1 Å². The number of nitrogens with one attached hydrogen (secondary N) is 1. The number of hydrogen-bond acceptors (Lipinski definition) is 5. The van der Waals surface area contributed by atoms with Crippen molar-refractivity contribution in [2.24, 2.45) is 16.7 Å². The van der Waals surface area contributed by atoms with E-state index in [0.29, 0.717) is 11.6 Å². The lowest BCUT2D eigenvalue weighted by molar-refractivity contribution is -0.132. The molecule has 7 nitrogen and oxygen atoms in total. The van der Waals surface area contributed by atoms with Crippen LogP contribution in [0.25, 0.3) is 0 Å². The quantitative estimate of drug-likeness (QED) is 0.853. The zero-order chi connectivity index (χ0) is 19.9. The molecule has 2 saturated heterocycles. The van der Waals surface area contributed by atoms with Gasteiger partial charge in [0.2, 0.25) is 5.91 Å². The Bertz CT molecular complexity index is 757. The molecule has 28 heavy (non-hydrogen) atoms. The second kappa shape index (κ2) is 7.10. The number of carbonyl (C=O) groups excluding carboxylic acids is 2. The summed E-state index contributed by atoms with van der Waals surface area (Å²) in [7, 11) is 1.76. The minimum atomic E-state index is -0.251. The summed E-state index contributed by atoms with van der Waals surface area (Å²) < 4.78 is 0. The summed E-state index contributed by atoms with van der Waals surface area (Å²) in [6.45, 7) is 8.38. The van der Waals surface area contributed by atoms with Crippen LogP contribution in [0.2, 0.25) is 0 Å². The third kappa shape index (κ3) is 2.91. The fourth-order valence-electron chi connectivity index (χ4n) is 5.94. The van der Waals surface area contributed by atoms with Crippen LogP contribution in [0.4, 0.5) is 0 Å². The van der Waals surface area contributed by atoms with Crippen molar-refractivity contribution in [3.05, 3.63) is 23.8 Å². The SMILES string of the molecule is CCN1C[C@H]2C3(CCN(C(=O)c4cnc(C)cn4)CC3)CC[C@@]2(C(=O)NC)C1. The number of piperidine rings is 1. The van der Waals surface area contributed by atoms with Gasteiger partial charge in [-0.3, -0.25) is 14.6 Å². The highest BCUT2D eigenvalue weighted by Crippen LogP contribution is 2.62. The first-order valence-corrected chi connectivity index (χ1v) is 10.5. The van der Waals surface area contributed by atoms with E-state index in [9.17, 15) is 9.59 Å². The van der Waals surface area contributed by atoms with Crippen molar-refractivity contribution in [2.75, 3.05) is 39.8 Å². The van der Waals surface area contributed by atoms with E-state index < -0.39 is 0 Å². The van der Waals surface area contributed by atoms with Gasteiger partial charge in [0.25, 0.3) is 5.91 Å². The maximum absolute atomic E-state index is 12.9. The van der Waals surface area contributed by atoms with Gasteiger partial charge in [-0.05, 0) is 50.5 Å². The van der Waals surface area contributed by atoms with Gasteiger partial charge in [0.15, 0.2) is 0 Å². The van der Waals surface area contributed by atoms with Gasteiger partial charge in [0.05, 0.1) is 17.3 Å². The van der Waals surface area contributed by atoms with Crippen LogP contribution in [0.1, 0.15) is 48.8 Å². The molecular formula is C21H31N5O2. The largest absolute Gasteiger partial charge is 0.359 e. The number of carbonyl (C=O) groups is 2. The molecule has 0 radical (unpaired) electrons. The number of nitrogens with zero attached hydrogens (tertiary/aromatic N) is 4. The molecule has 3 fully saturated rings. The van der Waals surface area contributed by atoms with Crippen LogP contribution < -0.4 is 5.32 Å². The van der Waals surface area contributed by atoms with Gasteiger partial charge in [-0.2, -0.15) is 0 Å². The van der Waals surface area contributed by atoms with Crippen LogP contribution in [-0.2, 0) is 4.79 Å². The average molecular weight is 386 g/mol. The first kappa shape index (κ1) is 19.3. The van der Waals surface area contributed by atoms with Crippen LogP contribution in [0.15, 0.2) is 12.4 Å². The molecule has 0 aromatic carbocycles. The molecule has 1 N–H and O–H groups in total. The zero-order valence-electron chi connectivity index (χ0n) is 17.2. The number of aryl methyl sites for hydroxylation is 1. The maximum atomic E-state index is 12.9. The molecule has 1 aromatic rings. The Balaban J connectivity index is 1.50. The van der Waals surface area contributed by atoms with Gasteiger partial charge in [-0.25, -0.2) is 4.98 Å². The molecule has 4 rings (SSSR count). The molecule has 2 aliphatic heterocycles. The van der Waals surface area contributed by atoms with Crippen LogP contribution in [-0.4, -0.2) is 71.4 Å². The van der Waals surface area contributed by atoms with Gasteiger partial charge in [-0.1, -0.05) is 6.92 Å². The Labute approximate surface area is 166 Å². The Morgan fingerprint density at radius 2 is 1.93 bits per heavy atom. The van der Waals surface area contributed by atoms with E-state index in [1.807, 2.05) is 11.8 Å². The summed E-state index contributed by atoms with van der Waals surface area (Å²) in [5, 5.41) is 2.94. The number of aromatic nitrogens is 2. The van der Waals surface area contributed by atoms with Crippen LogP contribution in [0.3, 0.4) is 0 Å². The average Bonchev–Trinajstić information content (AvgIpc) is 3.25. The molecule has 1 spiro atoms. The minimum absolute atomic E-state index is 0.0282. The lowest BCUT2D eigenvalue weighted by Gasteiger charge is -2.44. The highest BCUT2D eigenvalue weighted by atomic mass is 16.2. The molecule has 1 aromatic heterocycles. The Morgan fingerprint density at radius 1 is 1.18 bits per heavy atom. The van der Waals surface area contributed by atoms with Gasteiger partial charge in [0, 0.05) is 39.4 Å². The number of rotatable bonds is 3. The smallest absolute Gasteiger partial charge is 0.274 e. The summed E-state index contributed by atoms with van der Waals surface area (Å²) >= 11 is 0. The molecule has 2 amide bonds. The van der Waals surface area contributed by atoms with Crippen LogP contribution in [0.5, 0.6) is 0 Å². The third-order valence-electron chi connectivity index (χ3n) is 7.59. The van der Waals surface area contributed by atoms with Gasteiger partial charge in [-0.15, -0.1) is 0 Å². The van der Waals surface area contributed by atoms with Gasteiger partial charge >= 0.3 is 0 Å². The second-order valence-electron chi connectivity index (χ2n) is 8.81. The molecule has 0 bridgehead atoms. The van der Waals surface area contributed by atoms with Gasteiger partial charge in [0.1, 0.15) is 5.69 Å². The molecule has 2 atom stereocenters. The third-order valence-corrected chi connectivity index (χ3v) is 7.59. The molecule has 1 aliphatic carbocycles. The van der Waals surface area contributed by atoms with E-state index in [4.69, 9.17) is 0 Å². The maximum Gasteiger partial charge on any atom is 0.274 e. The van der Waals surface area contributed by atoms with Crippen molar-refractivity contribution in [1.29, 1.82) is 0 Å². The van der Waals surface area contributed by atoms with Crippen LogP contribution >= 0.6 is 0 Å². The number of hydrogen-bond donors (Lipinski definition) is 1. The first-order chi connectivity index (χ1) is 13.4. The molecule has 0 unspecified atom stereocenters. The summed E-state index contributed by atoms with van der Waals surface area (Å²) in [6.07, 6.45) is 7.22.